The van der Waals surface area contributed by atoms with Crippen molar-refractivity contribution in [2.24, 2.45) is 0 Å². The third-order valence-corrected chi connectivity index (χ3v) is 8.59. The van der Waals surface area contributed by atoms with E-state index in [4.69, 9.17) is 11.6 Å². The van der Waals surface area contributed by atoms with E-state index in [-0.39, 0.29) is 43.9 Å². The van der Waals surface area contributed by atoms with Crippen LogP contribution in [0.2, 0.25) is 5.02 Å². The third kappa shape index (κ3) is 4.27. The molecule has 176 valence electrons. The van der Waals surface area contributed by atoms with Crippen LogP contribution in [0.15, 0.2) is 76.7 Å². The lowest BCUT2D eigenvalue weighted by atomic mass is 10.1. The standard InChI is InChI=1S/C24H16ClN3O5S2/c25-17-9-14(5-7-19(17)29)24-27-12-15(34-24)11-26-22(30)13-6-8-21-18(10-13)28-23(31)16-3-1-2-4-20(16)35(21,32)33/h1-10,12,29H,11H2,(H,26,30)(H,28,31). The summed E-state index contributed by atoms with van der Waals surface area (Å²) in [6.07, 6.45) is 1.63. The molecule has 0 aliphatic carbocycles. The molecule has 1 aromatic heterocycles. The summed E-state index contributed by atoms with van der Waals surface area (Å²) in [5.74, 6) is -1.02. The zero-order valence-corrected chi connectivity index (χ0v) is 20.2. The molecule has 0 saturated carbocycles. The molecule has 1 aliphatic heterocycles. The molecule has 5 rings (SSSR count). The maximum atomic E-state index is 13.1. The second kappa shape index (κ2) is 8.81. The molecule has 0 radical (unpaired) electrons. The molecule has 2 amide bonds. The fourth-order valence-electron chi connectivity index (χ4n) is 3.63. The van der Waals surface area contributed by atoms with E-state index >= 15 is 0 Å². The summed E-state index contributed by atoms with van der Waals surface area (Å²) in [5, 5.41) is 15.8. The van der Waals surface area contributed by atoms with Crippen LogP contribution in [-0.2, 0) is 16.4 Å². The van der Waals surface area contributed by atoms with E-state index in [1.165, 1.54) is 47.7 Å². The van der Waals surface area contributed by atoms with Gasteiger partial charge < -0.3 is 15.7 Å². The molecule has 0 fully saturated rings. The number of hydrogen-bond donors (Lipinski definition) is 3. The minimum absolute atomic E-state index is 0.0203. The van der Waals surface area contributed by atoms with Crippen LogP contribution in [0.25, 0.3) is 10.6 Å². The average molecular weight is 526 g/mol. The predicted molar refractivity (Wildman–Crippen MR) is 132 cm³/mol. The number of halogens is 1. The van der Waals surface area contributed by atoms with Gasteiger partial charge in [-0.25, -0.2) is 13.4 Å². The van der Waals surface area contributed by atoms with Crippen LogP contribution in [0.1, 0.15) is 25.6 Å². The number of nitrogens with zero attached hydrogens (tertiary/aromatic N) is 1. The Balaban J connectivity index is 1.35. The van der Waals surface area contributed by atoms with Gasteiger partial charge in [-0.1, -0.05) is 23.7 Å². The summed E-state index contributed by atoms with van der Waals surface area (Å²) in [4.78, 5) is 30.3. The van der Waals surface area contributed by atoms with Gasteiger partial charge >= 0.3 is 0 Å². The van der Waals surface area contributed by atoms with Gasteiger partial charge in [-0.3, -0.25) is 9.59 Å². The normalized spacial score (nSPS) is 13.8. The van der Waals surface area contributed by atoms with E-state index in [9.17, 15) is 23.1 Å². The predicted octanol–water partition coefficient (Wildman–Crippen LogP) is 4.50. The first-order valence-electron chi connectivity index (χ1n) is 10.3. The van der Waals surface area contributed by atoms with E-state index in [1.807, 2.05) is 0 Å². The van der Waals surface area contributed by atoms with Gasteiger partial charge in [-0.2, -0.15) is 0 Å². The number of aromatic nitrogens is 1. The number of carbonyl (C=O) groups is 2. The van der Waals surface area contributed by atoms with Gasteiger partial charge in [-0.05, 0) is 48.5 Å². The molecule has 0 bridgehead atoms. The summed E-state index contributed by atoms with van der Waals surface area (Å²) >= 11 is 7.31. The van der Waals surface area contributed by atoms with Crippen molar-refractivity contribution in [2.75, 3.05) is 5.32 Å². The van der Waals surface area contributed by atoms with E-state index in [0.29, 0.717) is 5.01 Å². The first kappa shape index (κ1) is 23.0. The lowest BCUT2D eigenvalue weighted by Crippen LogP contribution is -2.22. The summed E-state index contributed by atoms with van der Waals surface area (Å²) in [6.45, 7) is 0.190. The maximum absolute atomic E-state index is 13.1. The van der Waals surface area contributed by atoms with Crippen LogP contribution < -0.4 is 10.6 Å². The molecule has 4 aromatic rings. The number of thiazole rings is 1. The van der Waals surface area contributed by atoms with Gasteiger partial charge in [-0.15, -0.1) is 11.3 Å². The van der Waals surface area contributed by atoms with E-state index in [2.05, 4.69) is 15.6 Å². The molecule has 0 unspecified atom stereocenters. The molecule has 0 atom stereocenters. The third-order valence-electron chi connectivity index (χ3n) is 5.37. The van der Waals surface area contributed by atoms with Crippen molar-refractivity contribution >= 4 is 50.3 Å². The highest BCUT2D eigenvalue weighted by molar-refractivity contribution is 7.91. The van der Waals surface area contributed by atoms with Gasteiger partial charge in [0.05, 0.1) is 32.6 Å². The Morgan fingerprint density at radius 1 is 1.09 bits per heavy atom. The van der Waals surface area contributed by atoms with Crippen molar-refractivity contribution in [1.82, 2.24) is 10.3 Å². The molecule has 0 saturated heterocycles. The molecule has 35 heavy (non-hydrogen) atoms. The van der Waals surface area contributed by atoms with E-state index in [0.717, 1.165) is 10.4 Å². The Bertz CT molecular complexity index is 1620. The van der Waals surface area contributed by atoms with E-state index in [1.54, 1.807) is 30.5 Å². The number of sulfone groups is 1. The Morgan fingerprint density at radius 3 is 2.69 bits per heavy atom. The molecular formula is C24H16ClN3O5S2. The largest absolute Gasteiger partial charge is 0.506 e. The van der Waals surface area contributed by atoms with Gasteiger partial charge in [0.1, 0.15) is 10.8 Å². The van der Waals surface area contributed by atoms with Gasteiger partial charge in [0.2, 0.25) is 9.84 Å². The van der Waals surface area contributed by atoms with Crippen molar-refractivity contribution in [3.05, 3.63) is 87.9 Å². The molecule has 8 nitrogen and oxygen atoms in total. The van der Waals surface area contributed by atoms with Crippen LogP contribution in [0, 0.1) is 0 Å². The van der Waals surface area contributed by atoms with Gasteiger partial charge in [0, 0.05) is 22.2 Å². The summed E-state index contributed by atoms with van der Waals surface area (Å²) in [6, 6.07) is 14.8. The number of carbonyl (C=O) groups excluding carboxylic acids is 2. The number of hydrogen-bond acceptors (Lipinski definition) is 7. The summed E-state index contributed by atoms with van der Waals surface area (Å²) in [5.41, 5.74) is 1.02. The fraction of sp³-hybridized carbons (Fsp3) is 0.0417. The number of fused-ring (bicyclic) bond motifs is 2. The molecular weight excluding hydrogens is 510 g/mol. The Labute approximate surface area is 209 Å². The number of phenolic OH excluding ortho intramolecular Hbond substituents is 1. The van der Waals surface area contributed by atoms with Crippen molar-refractivity contribution in [2.45, 2.75) is 16.3 Å². The van der Waals surface area contributed by atoms with Crippen LogP contribution in [-0.4, -0.2) is 30.3 Å². The smallest absolute Gasteiger partial charge is 0.257 e. The Kier molecular flexibility index (Phi) is 5.79. The topological polar surface area (TPSA) is 125 Å². The summed E-state index contributed by atoms with van der Waals surface area (Å²) < 4.78 is 26.2. The van der Waals surface area contributed by atoms with Crippen LogP contribution in [0.5, 0.6) is 5.75 Å². The zero-order valence-electron chi connectivity index (χ0n) is 17.8. The molecule has 2 heterocycles. The molecule has 3 aromatic carbocycles. The fourth-order valence-corrected chi connectivity index (χ4v) is 6.25. The highest BCUT2D eigenvalue weighted by atomic mass is 35.5. The van der Waals surface area contributed by atoms with Gasteiger partial charge in [0.15, 0.2) is 0 Å². The molecule has 0 spiro atoms. The zero-order chi connectivity index (χ0) is 24.7. The van der Waals surface area contributed by atoms with Crippen LogP contribution >= 0.6 is 22.9 Å². The Morgan fingerprint density at radius 2 is 1.89 bits per heavy atom. The molecule has 11 heteroatoms. The number of phenols is 1. The number of anilines is 1. The van der Waals surface area contributed by atoms with Gasteiger partial charge in [0.25, 0.3) is 11.8 Å². The SMILES string of the molecule is O=C(NCc1cnc(-c2ccc(O)c(Cl)c2)s1)c1ccc2c(c1)NC(=O)c1ccccc1S2(=O)=O. The molecule has 1 aliphatic rings. The van der Waals surface area contributed by atoms with Crippen molar-refractivity contribution in [3.63, 3.8) is 0 Å². The maximum Gasteiger partial charge on any atom is 0.257 e. The average Bonchev–Trinajstić information content (AvgIpc) is 3.30. The van der Waals surface area contributed by atoms with E-state index < -0.39 is 21.7 Å². The molecule has 3 N–H and O–H groups in total. The minimum Gasteiger partial charge on any atom is -0.506 e. The quantitative estimate of drug-likeness (QED) is 0.360. The monoisotopic (exact) mass is 525 g/mol. The second-order valence-corrected chi connectivity index (χ2v) is 11.1. The second-order valence-electron chi connectivity index (χ2n) is 7.65. The lowest BCUT2D eigenvalue weighted by Gasteiger charge is -2.10. The first-order valence-corrected chi connectivity index (χ1v) is 12.9. The van der Waals surface area contributed by atoms with Crippen LogP contribution in [0.3, 0.4) is 0 Å². The number of amides is 2. The Hall–Kier alpha value is -3.73. The number of rotatable bonds is 4. The lowest BCUT2D eigenvalue weighted by molar-refractivity contribution is 0.0949. The van der Waals surface area contributed by atoms with Crippen molar-refractivity contribution < 1.29 is 23.1 Å². The first-order chi connectivity index (χ1) is 16.7. The highest BCUT2D eigenvalue weighted by Gasteiger charge is 2.31. The van der Waals surface area contributed by atoms with Crippen LogP contribution in [0.4, 0.5) is 5.69 Å². The minimum atomic E-state index is -3.94. The number of aromatic hydroxyl groups is 1. The summed E-state index contributed by atoms with van der Waals surface area (Å²) in [7, 11) is -3.94. The number of nitrogens with one attached hydrogen (secondary N) is 2. The highest BCUT2D eigenvalue weighted by Crippen LogP contribution is 2.34. The van der Waals surface area contributed by atoms with Crippen molar-refractivity contribution in [3.8, 4) is 16.3 Å². The van der Waals surface area contributed by atoms with Crippen molar-refractivity contribution in [1.29, 1.82) is 0 Å². The number of benzene rings is 3.